The first kappa shape index (κ1) is 15.6. The van der Waals surface area contributed by atoms with Crippen molar-refractivity contribution < 1.29 is 18.3 Å². The quantitative estimate of drug-likeness (QED) is 0.876. The van der Waals surface area contributed by atoms with E-state index in [1.807, 2.05) is 0 Å². The molecule has 0 atom stereocenters. The lowest BCUT2D eigenvalue weighted by molar-refractivity contribution is 0.280. The number of aliphatic hydroxyl groups is 1. The van der Waals surface area contributed by atoms with Crippen LogP contribution in [0, 0.1) is 0 Å². The highest BCUT2D eigenvalue weighted by Gasteiger charge is 2.21. The molecule has 21 heavy (non-hydrogen) atoms. The fraction of sp³-hybridized carbons (Fsp3) is 0.154. The van der Waals surface area contributed by atoms with Crippen molar-refractivity contribution in [2.45, 2.75) is 11.5 Å². The smallest absolute Gasteiger partial charge is 0.266 e. The molecule has 0 bridgehead atoms. The fourth-order valence-electron chi connectivity index (χ4n) is 1.68. The van der Waals surface area contributed by atoms with Crippen molar-refractivity contribution in [2.75, 3.05) is 11.8 Å². The van der Waals surface area contributed by atoms with E-state index >= 15 is 0 Å². The lowest BCUT2D eigenvalue weighted by Gasteiger charge is -2.12. The van der Waals surface area contributed by atoms with Gasteiger partial charge in [0.1, 0.15) is 10.6 Å². The third-order valence-electron chi connectivity index (χ3n) is 2.69. The Kier molecular flexibility index (Phi) is 4.66. The highest BCUT2D eigenvalue weighted by molar-refractivity contribution is 7.92. The number of halogens is 1. The minimum absolute atomic E-state index is 0.0347. The molecule has 0 saturated heterocycles. The number of nitrogens with one attached hydrogen (secondary N) is 1. The molecule has 2 rings (SSSR count). The van der Waals surface area contributed by atoms with E-state index in [9.17, 15) is 8.42 Å². The van der Waals surface area contributed by atoms with Gasteiger partial charge >= 0.3 is 0 Å². The van der Waals surface area contributed by atoms with E-state index in [0.717, 1.165) is 0 Å². The molecule has 1 aromatic carbocycles. The van der Waals surface area contributed by atoms with Gasteiger partial charge < -0.3 is 9.84 Å². The van der Waals surface area contributed by atoms with Crippen molar-refractivity contribution >= 4 is 27.4 Å². The maximum Gasteiger partial charge on any atom is 0.266 e. The molecular weight excluding hydrogens is 316 g/mol. The van der Waals surface area contributed by atoms with E-state index in [1.165, 1.54) is 37.6 Å². The maximum atomic E-state index is 12.4. The number of anilines is 1. The summed E-state index contributed by atoms with van der Waals surface area (Å²) in [6.45, 7) is -0.212. The van der Waals surface area contributed by atoms with Crippen LogP contribution in [-0.4, -0.2) is 25.6 Å². The maximum absolute atomic E-state index is 12.4. The van der Waals surface area contributed by atoms with Crippen LogP contribution in [-0.2, 0) is 16.6 Å². The van der Waals surface area contributed by atoms with Crippen LogP contribution in [0.1, 0.15) is 5.56 Å². The van der Waals surface area contributed by atoms with E-state index in [1.54, 1.807) is 6.07 Å². The number of pyridine rings is 1. The zero-order valence-electron chi connectivity index (χ0n) is 11.1. The standard InChI is InChI=1S/C13H13ClN2O4S/c1-20-11-7-9(8-17)4-5-12(11)21(18,19)16-13-10(14)3-2-6-15-13/h2-7,17H,8H2,1H3,(H,15,16). The van der Waals surface area contributed by atoms with E-state index in [-0.39, 0.29) is 28.1 Å². The molecule has 1 heterocycles. The summed E-state index contributed by atoms with van der Waals surface area (Å²) in [5.41, 5.74) is 0.543. The third kappa shape index (κ3) is 3.44. The largest absolute Gasteiger partial charge is 0.495 e. The Hall–Kier alpha value is -1.83. The zero-order valence-corrected chi connectivity index (χ0v) is 12.6. The summed E-state index contributed by atoms with van der Waals surface area (Å²) in [4.78, 5) is 3.81. The summed E-state index contributed by atoms with van der Waals surface area (Å²) in [5, 5.41) is 9.26. The van der Waals surface area contributed by atoms with Crippen LogP contribution in [0.25, 0.3) is 0 Å². The molecule has 8 heteroatoms. The highest BCUT2D eigenvalue weighted by Crippen LogP contribution is 2.28. The van der Waals surface area contributed by atoms with E-state index in [0.29, 0.717) is 5.56 Å². The average Bonchev–Trinajstić information content (AvgIpc) is 2.48. The predicted molar refractivity (Wildman–Crippen MR) is 79.0 cm³/mol. The van der Waals surface area contributed by atoms with Crippen molar-refractivity contribution in [3.63, 3.8) is 0 Å². The van der Waals surface area contributed by atoms with Crippen LogP contribution in [0.3, 0.4) is 0 Å². The van der Waals surface area contributed by atoms with Gasteiger partial charge in [0.2, 0.25) is 0 Å². The Balaban J connectivity index is 2.42. The molecule has 0 aliphatic heterocycles. The molecule has 0 aliphatic rings. The molecule has 6 nitrogen and oxygen atoms in total. The van der Waals surface area contributed by atoms with Crippen LogP contribution < -0.4 is 9.46 Å². The topological polar surface area (TPSA) is 88.5 Å². The van der Waals surface area contributed by atoms with Gasteiger partial charge in [-0.3, -0.25) is 4.72 Å². The number of rotatable bonds is 5. The Morgan fingerprint density at radius 2 is 2.14 bits per heavy atom. The van der Waals surface area contributed by atoms with Gasteiger partial charge in [0.05, 0.1) is 18.7 Å². The van der Waals surface area contributed by atoms with E-state index in [2.05, 4.69) is 9.71 Å². The van der Waals surface area contributed by atoms with Gasteiger partial charge in [-0.15, -0.1) is 0 Å². The Labute approximate surface area is 127 Å². The monoisotopic (exact) mass is 328 g/mol. The van der Waals surface area contributed by atoms with Gasteiger partial charge in [0.25, 0.3) is 10.0 Å². The van der Waals surface area contributed by atoms with E-state index < -0.39 is 10.0 Å². The minimum atomic E-state index is -3.91. The van der Waals surface area contributed by atoms with Gasteiger partial charge in [-0.25, -0.2) is 13.4 Å². The van der Waals surface area contributed by atoms with Gasteiger partial charge in [0.15, 0.2) is 5.82 Å². The van der Waals surface area contributed by atoms with E-state index in [4.69, 9.17) is 21.4 Å². The van der Waals surface area contributed by atoms with Crippen LogP contribution in [0.5, 0.6) is 5.75 Å². The number of ether oxygens (including phenoxy) is 1. The van der Waals surface area contributed by atoms with Crippen LogP contribution in [0.4, 0.5) is 5.82 Å². The molecule has 112 valence electrons. The molecule has 0 aliphatic carbocycles. The number of aliphatic hydroxyl groups excluding tert-OH is 1. The summed E-state index contributed by atoms with van der Waals surface area (Å²) < 4.78 is 32.1. The van der Waals surface area contributed by atoms with Gasteiger partial charge in [-0.2, -0.15) is 0 Å². The molecule has 0 unspecified atom stereocenters. The summed E-state index contributed by atoms with van der Waals surface area (Å²) in [5.74, 6) is 0.161. The molecule has 0 spiro atoms. The predicted octanol–water partition coefficient (Wildman–Crippen LogP) is 2.04. The van der Waals surface area contributed by atoms with Crippen molar-refractivity contribution in [3.05, 3.63) is 47.1 Å². The molecule has 1 aromatic heterocycles. The number of methoxy groups -OCH3 is 1. The van der Waals surface area contributed by atoms with Crippen molar-refractivity contribution in [1.82, 2.24) is 4.98 Å². The summed E-state index contributed by atoms with van der Waals surface area (Å²) in [7, 11) is -2.56. The lowest BCUT2D eigenvalue weighted by atomic mass is 10.2. The Morgan fingerprint density at radius 3 is 2.76 bits per heavy atom. The number of hydrogen-bond donors (Lipinski definition) is 2. The van der Waals surface area contributed by atoms with Crippen molar-refractivity contribution in [3.8, 4) is 5.75 Å². The molecule has 2 aromatic rings. The number of sulfonamides is 1. The zero-order chi connectivity index (χ0) is 15.5. The summed E-state index contributed by atoms with van der Waals surface area (Å²) in [6, 6.07) is 7.42. The first-order valence-corrected chi connectivity index (χ1v) is 7.75. The number of benzene rings is 1. The van der Waals surface area contributed by atoms with Crippen LogP contribution in [0.2, 0.25) is 5.02 Å². The highest BCUT2D eigenvalue weighted by atomic mass is 35.5. The molecule has 0 fully saturated rings. The average molecular weight is 329 g/mol. The van der Waals surface area contributed by atoms with Gasteiger partial charge in [-0.1, -0.05) is 17.7 Å². The number of aromatic nitrogens is 1. The number of nitrogens with zero attached hydrogens (tertiary/aromatic N) is 1. The molecule has 0 amide bonds. The van der Waals surface area contributed by atoms with Crippen LogP contribution >= 0.6 is 11.6 Å². The molecule has 0 radical (unpaired) electrons. The van der Waals surface area contributed by atoms with Crippen molar-refractivity contribution in [1.29, 1.82) is 0 Å². The first-order chi connectivity index (χ1) is 9.97. The minimum Gasteiger partial charge on any atom is -0.495 e. The summed E-state index contributed by atoms with van der Waals surface area (Å²) in [6.07, 6.45) is 1.43. The number of hydrogen-bond acceptors (Lipinski definition) is 5. The van der Waals surface area contributed by atoms with Crippen LogP contribution in [0.15, 0.2) is 41.4 Å². The molecule has 0 saturated carbocycles. The first-order valence-electron chi connectivity index (χ1n) is 5.89. The Bertz CT molecular complexity index is 750. The lowest BCUT2D eigenvalue weighted by Crippen LogP contribution is -2.15. The molecule has 2 N–H and O–H groups in total. The molecular formula is C13H13ClN2O4S. The third-order valence-corrected chi connectivity index (χ3v) is 4.37. The fourth-order valence-corrected chi connectivity index (χ4v) is 3.08. The SMILES string of the molecule is COc1cc(CO)ccc1S(=O)(=O)Nc1ncccc1Cl. The second-order valence-electron chi connectivity index (χ2n) is 4.08. The second kappa shape index (κ2) is 6.30. The van der Waals surface area contributed by atoms with Crippen molar-refractivity contribution in [2.24, 2.45) is 0 Å². The normalized spacial score (nSPS) is 11.2. The summed E-state index contributed by atoms with van der Waals surface area (Å²) >= 11 is 5.89. The van der Waals surface area contributed by atoms with Gasteiger partial charge in [0, 0.05) is 6.20 Å². The Morgan fingerprint density at radius 1 is 1.38 bits per heavy atom. The second-order valence-corrected chi connectivity index (χ2v) is 6.14. The van der Waals surface area contributed by atoms with Gasteiger partial charge in [-0.05, 0) is 29.8 Å².